The molecule has 2 aromatic rings. The van der Waals surface area contributed by atoms with Crippen LogP contribution in [0.2, 0.25) is 0 Å². The summed E-state index contributed by atoms with van der Waals surface area (Å²) in [5.41, 5.74) is 0.975. The monoisotopic (exact) mass is 480 g/mol. The third-order valence-electron chi connectivity index (χ3n) is 4.80. The molecule has 1 aromatic heterocycles. The van der Waals surface area contributed by atoms with Gasteiger partial charge in [0.2, 0.25) is 5.78 Å². The van der Waals surface area contributed by atoms with E-state index in [0.29, 0.717) is 43.9 Å². The van der Waals surface area contributed by atoms with Crippen molar-refractivity contribution in [2.24, 2.45) is 5.92 Å². The van der Waals surface area contributed by atoms with Crippen LogP contribution in [0.15, 0.2) is 35.1 Å². The van der Waals surface area contributed by atoms with E-state index in [9.17, 15) is 14.0 Å². The summed E-state index contributed by atoms with van der Waals surface area (Å²) in [6, 6.07) is 3.88. The zero-order chi connectivity index (χ0) is 21.7. The van der Waals surface area contributed by atoms with Gasteiger partial charge in [-0.15, -0.1) is 0 Å². The van der Waals surface area contributed by atoms with E-state index in [2.05, 4.69) is 31.7 Å². The van der Waals surface area contributed by atoms with Gasteiger partial charge in [0, 0.05) is 30.9 Å². The zero-order valence-corrected chi connectivity index (χ0v) is 17.7. The maximum absolute atomic E-state index is 13.3. The first-order valence-electron chi connectivity index (χ1n) is 9.41. The molecule has 1 fully saturated rings. The Morgan fingerprint density at radius 3 is 2.67 bits per heavy atom. The number of rotatable bonds is 6. The van der Waals surface area contributed by atoms with Gasteiger partial charge in [0.1, 0.15) is 5.82 Å². The molecule has 3 rings (SSSR count). The smallest absolute Gasteiger partial charge is 0.321 e. The first-order valence-corrected chi connectivity index (χ1v) is 10.2. The van der Waals surface area contributed by atoms with Crippen LogP contribution in [0.1, 0.15) is 12.8 Å². The van der Waals surface area contributed by atoms with Gasteiger partial charge in [-0.3, -0.25) is 14.9 Å². The minimum Gasteiger partial charge on any atom is -0.394 e. The van der Waals surface area contributed by atoms with E-state index in [0.717, 1.165) is 0 Å². The van der Waals surface area contributed by atoms with Crippen LogP contribution >= 0.6 is 15.9 Å². The van der Waals surface area contributed by atoms with Gasteiger partial charge in [0.15, 0.2) is 5.84 Å². The van der Waals surface area contributed by atoms with E-state index in [4.69, 9.17) is 10.5 Å². The number of amidine groups is 1. The van der Waals surface area contributed by atoms with Gasteiger partial charge in [-0.1, -0.05) is 0 Å². The molecule has 9 nitrogen and oxygen atoms in total. The number of aromatic nitrogens is 2. The number of nitrogens with zero attached hydrogens (tertiary/aromatic N) is 3. The second-order valence-electron chi connectivity index (χ2n) is 6.90. The summed E-state index contributed by atoms with van der Waals surface area (Å²) >= 11 is 3.07. The number of hydrogen-bond donors (Lipinski definition) is 4. The van der Waals surface area contributed by atoms with Crippen molar-refractivity contribution in [1.29, 1.82) is 5.41 Å². The number of nitrogens with one attached hydrogen (secondary N) is 3. The van der Waals surface area contributed by atoms with Crippen LogP contribution in [0.25, 0.3) is 0 Å². The Balaban J connectivity index is 1.48. The molecule has 1 aliphatic rings. The summed E-state index contributed by atoms with van der Waals surface area (Å²) in [6.45, 7) is 1.09. The molecule has 11 heteroatoms. The Kier molecular flexibility index (Phi) is 7.16. The molecule has 0 saturated carbocycles. The number of Topliss-reactive ketones (excluding diaryl/α,β-unsaturated/α-hetero) is 1. The van der Waals surface area contributed by atoms with Crippen LogP contribution in [-0.2, 0) is 11.3 Å². The van der Waals surface area contributed by atoms with Gasteiger partial charge in [0.25, 0.3) is 0 Å². The van der Waals surface area contributed by atoms with E-state index in [-0.39, 0.29) is 34.6 Å². The average Bonchev–Trinajstić information content (AvgIpc) is 3.17. The van der Waals surface area contributed by atoms with Crippen molar-refractivity contribution >= 4 is 45.0 Å². The van der Waals surface area contributed by atoms with Crippen molar-refractivity contribution in [3.63, 3.8) is 0 Å². The van der Waals surface area contributed by atoms with Gasteiger partial charge in [0.05, 0.1) is 29.5 Å². The van der Waals surface area contributed by atoms with E-state index in [1.807, 2.05) is 0 Å². The minimum absolute atomic E-state index is 0.0428. The maximum atomic E-state index is 13.3. The average molecular weight is 481 g/mol. The highest BCUT2D eigenvalue weighted by molar-refractivity contribution is 9.10. The Morgan fingerprint density at radius 1 is 1.27 bits per heavy atom. The number of hydrogen-bond acceptors (Lipinski definition) is 5. The Labute approximate surface area is 180 Å². The molecule has 1 aromatic carbocycles. The largest absolute Gasteiger partial charge is 0.394 e. The number of likely N-dealkylation sites (tertiary alicyclic amines) is 1. The summed E-state index contributed by atoms with van der Waals surface area (Å²) in [7, 11) is 0. The number of anilines is 2. The third kappa shape index (κ3) is 5.42. The molecular formula is C19H22BrFN6O3. The van der Waals surface area contributed by atoms with E-state index in [1.165, 1.54) is 29.1 Å². The number of benzene rings is 1. The van der Waals surface area contributed by atoms with Crippen molar-refractivity contribution in [1.82, 2.24) is 14.7 Å². The third-order valence-corrected chi connectivity index (χ3v) is 5.41. The van der Waals surface area contributed by atoms with Crippen LogP contribution in [-0.4, -0.2) is 57.1 Å². The summed E-state index contributed by atoms with van der Waals surface area (Å²) in [5, 5.41) is 26.4. The van der Waals surface area contributed by atoms with Crippen LogP contribution in [0.5, 0.6) is 0 Å². The zero-order valence-electron chi connectivity index (χ0n) is 16.1. The molecule has 0 bridgehead atoms. The fourth-order valence-corrected chi connectivity index (χ4v) is 3.56. The first kappa shape index (κ1) is 21.9. The fourth-order valence-electron chi connectivity index (χ4n) is 3.18. The molecule has 0 unspecified atom stereocenters. The van der Waals surface area contributed by atoms with Crippen LogP contribution < -0.4 is 10.6 Å². The SMILES string of the molecule is N=C(Nc1ccc(F)c(Br)c1)C(=O)C1CCN(C(=O)Nc2cnn(CCO)c2)CC1. The van der Waals surface area contributed by atoms with Crippen molar-refractivity contribution in [2.75, 3.05) is 30.3 Å². The normalized spacial score (nSPS) is 14.4. The van der Waals surface area contributed by atoms with Gasteiger partial charge in [-0.05, 0) is 47.0 Å². The number of ketones is 1. The quantitative estimate of drug-likeness (QED) is 0.373. The highest BCUT2D eigenvalue weighted by Crippen LogP contribution is 2.22. The highest BCUT2D eigenvalue weighted by Gasteiger charge is 2.29. The van der Waals surface area contributed by atoms with Gasteiger partial charge in [-0.2, -0.15) is 5.10 Å². The number of urea groups is 1. The summed E-state index contributed by atoms with van der Waals surface area (Å²) in [6.07, 6.45) is 4.04. The second-order valence-corrected chi connectivity index (χ2v) is 7.75. The summed E-state index contributed by atoms with van der Waals surface area (Å²) < 4.78 is 15.1. The molecule has 0 aliphatic carbocycles. The number of aliphatic hydroxyl groups is 1. The molecule has 1 aliphatic heterocycles. The number of carbonyl (C=O) groups excluding carboxylic acids is 2. The van der Waals surface area contributed by atoms with Gasteiger partial charge >= 0.3 is 6.03 Å². The molecule has 0 spiro atoms. The molecule has 0 atom stereocenters. The Bertz CT molecular complexity index is 942. The Hall–Kier alpha value is -2.79. The number of amides is 2. The minimum atomic E-state index is -0.426. The lowest BCUT2D eigenvalue weighted by molar-refractivity contribution is -0.117. The van der Waals surface area contributed by atoms with E-state index in [1.54, 1.807) is 11.1 Å². The molecular weight excluding hydrogens is 459 g/mol. The maximum Gasteiger partial charge on any atom is 0.321 e. The number of aliphatic hydroxyl groups excluding tert-OH is 1. The lowest BCUT2D eigenvalue weighted by atomic mass is 9.92. The highest BCUT2D eigenvalue weighted by atomic mass is 79.9. The van der Waals surface area contributed by atoms with Crippen molar-refractivity contribution in [3.05, 3.63) is 40.9 Å². The van der Waals surface area contributed by atoms with Crippen LogP contribution in [0.4, 0.5) is 20.6 Å². The predicted molar refractivity (Wildman–Crippen MR) is 113 cm³/mol. The molecule has 160 valence electrons. The van der Waals surface area contributed by atoms with Crippen molar-refractivity contribution in [2.45, 2.75) is 19.4 Å². The van der Waals surface area contributed by atoms with Crippen molar-refractivity contribution < 1.29 is 19.1 Å². The Morgan fingerprint density at radius 2 is 2.00 bits per heavy atom. The van der Waals surface area contributed by atoms with E-state index >= 15 is 0 Å². The van der Waals surface area contributed by atoms with Gasteiger partial charge < -0.3 is 20.6 Å². The first-order chi connectivity index (χ1) is 14.4. The number of halogens is 2. The summed E-state index contributed by atoms with van der Waals surface area (Å²) in [5.74, 6) is -1.37. The summed E-state index contributed by atoms with van der Waals surface area (Å²) in [4.78, 5) is 26.6. The number of piperidine rings is 1. The lowest BCUT2D eigenvalue weighted by Gasteiger charge is -2.31. The molecule has 2 amide bonds. The lowest BCUT2D eigenvalue weighted by Crippen LogP contribution is -2.44. The van der Waals surface area contributed by atoms with Crippen LogP contribution in [0.3, 0.4) is 0 Å². The fraction of sp³-hybridized carbons (Fsp3) is 0.368. The van der Waals surface area contributed by atoms with Crippen LogP contribution in [0, 0.1) is 17.1 Å². The van der Waals surface area contributed by atoms with Crippen molar-refractivity contribution in [3.8, 4) is 0 Å². The molecule has 1 saturated heterocycles. The molecule has 2 heterocycles. The second kappa shape index (κ2) is 9.81. The molecule has 30 heavy (non-hydrogen) atoms. The van der Waals surface area contributed by atoms with E-state index < -0.39 is 5.82 Å². The standard InChI is InChI=1S/C19H22BrFN6O3/c20-15-9-13(1-2-16(15)21)24-18(22)17(29)12-3-5-26(6-4-12)19(30)25-14-10-23-27(11-14)7-8-28/h1-2,9-12,28H,3-8H2,(H2,22,24)(H,25,30). The number of carbonyl (C=O) groups is 2. The molecule has 4 N–H and O–H groups in total. The topological polar surface area (TPSA) is 123 Å². The van der Waals surface area contributed by atoms with Gasteiger partial charge in [-0.25, -0.2) is 9.18 Å². The predicted octanol–water partition coefficient (Wildman–Crippen LogP) is 2.68. The molecule has 0 radical (unpaired) electrons.